The van der Waals surface area contributed by atoms with E-state index in [4.69, 9.17) is 16.1 Å². The van der Waals surface area contributed by atoms with Crippen molar-refractivity contribution < 1.29 is 9.32 Å². The number of carbonyl (C=O) groups excluding carboxylic acids is 1. The maximum atomic E-state index is 12.7. The van der Waals surface area contributed by atoms with Gasteiger partial charge in [-0.1, -0.05) is 16.8 Å². The van der Waals surface area contributed by atoms with Gasteiger partial charge in [-0.25, -0.2) is 0 Å². The quantitative estimate of drug-likeness (QED) is 0.659. The second kappa shape index (κ2) is 7.21. The molecule has 3 heterocycles. The highest BCUT2D eigenvalue weighted by Crippen LogP contribution is 2.33. The smallest absolute Gasteiger partial charge is 0.227 e. The SMILES string of the molecule is C[C@@H]1c2ccsc2CCN1C(=O)CCc1nc(-c2ccc(Cl)cc2)no1. The van der Waals surface area contributed by atoms with Gasteiger partial charge in [0.2, 0.25) is 17.6 Å². The Balaban J connectivity index is 1.39. The van der Waals surface area contributed by atoms with Crippen LogP contribution in [-0.2, 0) is 17.6 Å². The minimum absolute atomic E-state index is 0.126. The molecule has 0 saturated carbocycles. The number of hydrogen-bond acceptors (Lipinski definition) is 5. The van der Waals surface area contributed by atoms with Crippen molar-refractivity contribution >= 4 is 28.8 Å². The highest BCUT2D eigenvalue weighted by atomic mass is 35.5. The second-order valence-electron chi connectivity index (χ2n) is 6.33. The summed E-state index contributed by atoms with van der Waals surface area (Å²) in [6, 6.07) is 9.51. The van der Waals surface area contributed by atoms with E-state index in [1.807, 2.05) is 17.0 Å². The van der Waals surface area contributed by atoms with Crippen LogP contribution >= 0.6 is 22.9 Å². The van der Waals surface area contributed by atoms with Crippen LogP contribution in [0.3, 0.4) is 0 Å². The average molecular weight is 388 g/mol. The number of carbonyl (C=O) groups is 1. The van der Waals surface area contributed by atoms with Gasteiger partial charge in [0.05, 0.1) is 6.04 Å². The molecule has 0 aliphatic carbocycles. The molecule has 0 N–H and O–H groups in total. The Hall–Kier alpha value is -2.18. The summed E-state index contributed by atoms with van der Waals surface area (Å²) >= 11 is 7.67. The third-order valence-corrected chi connectivity index (χ3v) is 5.97. The fraction of sp³-hybridized carbons (Fsp3) is 0.316. The third-order valence-electron chi connectivity index (χ3n) is 4.72. The fourth-order valence-corrected chi connectivity index (χ4v) is 4.37. The molecule has 134 valence electrons. The van der Waals surface area contributed by atoms with E-state index in [-0.39, 0.29) is 11.9 Å². The molecule has 0 unspecified atom stereocenters. The predicted molar refractivity (Wildman–Crippen MR) is 101 cm³/mol. The Labute approximate surface area is 160 Å². The molecule has 7 heteroatoms. The van der Waals surface area contributed by atoms with Crippen molar-refractivity contribution in [1.29, 1.82) is 0 Å². The van der Waals surface area contributed by atoms with Crippen molar-refractivity contribution in [2.45, 2.75) is 32.2 Å². The van der Waals surface area contributed by atoms with Gasteiger partial charge in [-0.3, -0.25) is 4.79 Å². The summed E-state index contributed by atoms with van der Waals surface area (Å²) in [6.45, 7) is 2.86. The summed E-state index contributed by atoms with van der Waals surface area (Å²) in [4.78, 5) is 20.4. The van der Waals surface area contributed by atoms with Crippen LogP contribution in [0.25, 0.3) is 11.4 Å². The summed E-state index contributed by atoms with van der Waals surface area (Å²) in [6.07, 6.45) is 1.75. The standard InChI is InChI=1S/C19H18ClN3O2S/c1-12-15-9-11-26-16(15)8-10-23(12)18(24)7-6-17-21-19(22-25-17)13-2-4-14(20)5-3-13/h2-5,9,11-12H,6-8,10H2,1H3/t12-/m1/s1. The number of thiophene rings is 1. The molecule has 3 aromatic rings. The number of rotatable bonds is 4. The van der Waals surface area contributed by atoms with Gasteiger partial charge in [0.25, 0.3) is 0 Å². The Bertz CT molecular complexity index is 919. The molecule has 1 aliphatic heterocycles. The van der Waals surface area contributed by atoms with Crippen LogP contribution in [0.5, 0.6) is 0 Å². The molecule has 0 fully saturated rings. The van der Waals surface area contributed by atoms with Crippen molar-refractivity contribution in [2.24, 2.45) is 0 Å². The highest BCUT2D eigenvalue weighted by molar-refractivity contribution is 7.10. The van der Waals surface area contributed by atoms with Gasteiger partial charge in [-0.2, -0.15) is 4.98 Å². The summed E-state index contributed by atoms with van der Waals surface area (Å²) in [5.41, 5.74) is 2.11. The summed E-state index contributed by atoms with van der Waals surface area (Å²) in [7, 11) is 0. The lowest BCUT2D eigenvalue weighted by atomic mass is 10.0. The zero-order valence-electron chi connectivity index (χ0n) is 14.3. The molecule has 1 aliphatic rings. The topological polar surface area (TPSA) is 59.2 Å². The zero-order valence-corrected chi connectivity index (χ0v) is 15.9. The minimum atomic E-state index is 0.126. The molecular formula is C19H18ClN3O2S. The largest absolute Gasteiger partial charge is 0.339 e. The molecule has 1 aromatic carbocycles. The maximum Gasteiger partial charge on any atom is 0.227 e. The Morgan fingerprint density at radius 1 is 1.35 bits per heavy atom. The summed E-state index contributed by atoms with van der Waals surface area (Å²) in [5, 5.41) is 6.75. The van der Waals surface area contributed by atoms with E-state index in [9.17, 15) is 4.79 Å². The Kier molecular flexibility index (Phi) is 4.78. The zero-order chi connectivity index (χ0) is 18.1. The second-order valence-corrected chi connectivity index (χ2v) is 7.77. The van der Waals surface area contributed by atoms with E-state index >= 15 is 0 Å². The monoisotopic (exact) mass is 387 g/mol. The van der Waals surface area contributed by atoms with Crippen LogP contribution < -0.4 is 0 Å². The fourth-order valence-electron chi connectivity index (χ4n) is 3.28. The lowest BCUT2D eigenvalue weighted by Crippen LogP contribution is -2.38. The van der Waals surface area contributed by atoms with Crippen LogP contribution in [0.15, 0.2) is 40.2 Å². The summed E-state index contributed by atoms with van der Waals surface area (Å²) in [5.74, 6) is 1.11. The molecule has 0 spiro atoms. The van der Waals surface area contributed by atoms with E-state index in [2.05, 4.69) is 28.5 Å². The van der Waals surface area contributed by atoms with Crippen molar-refractivity contribution in [1.82, 2.24) is 15.0 Å². The number of aromatic nitrogens is 2. The van der Waals surface area contributed by atoms with Gasteiger partial charge in [-0.05, 0) is 54.6 Å². The van der Waals surface area contributed by atoms with Gasteiger partial charge in [0.1, 0.15) is 0 Å². The Morgan fingerprint density at radius 2 is 2.15 bits per heavy atom. The number of nitrogens with zero attached hydrogens (tertiary/aromatic N) is 3. The number of benzene rings is 1. The lowest BCUT2D eigenvalue weighted by Gasteiger charge is -2.33. The highest BCUT2D eigenvalue weighted by Gasteiger charge is 2.28. The van der Waals surface area contributed by atoms with Gasteiger partial charge in [-0.15, -0.1) is 11.3 Å². The van der Waals surface area contributed by atoms with E-state index in [1.54, 1.807) is 23.5 Å². The number of fused-ring (bicyclic) bond motifs is 1. The van der Waals surface area contributed by atoms with Crippen LogP contribution in [-0.4, -0.2) is 27.5 Å². The van der Waals surface area contributed by atoms with Gasteiger partial charge in [0, 0.05) is 34.8 Å². The van der Waals surface area contributed by atoms with Crippen molar-refractivity contribution in [3.05, 3.63) is 57.1 Å². The summed E-state index contributed by atoms with van der Waals surface area (Å²) < 4.78 is 5.29. The van der Waals surface area contributed by atoms with E-state index < -0.39 is 0 Å². The molecule has 2 aromatic heterocycles. The van der Waals surface area contributed by atoms with Crippen LogP contribution in [0.1, 0.15) is 35.7 Å². The molecule has 5 nitrogen and oxygen atoms in total. The third kappa shape index (κ3) is 3.39. The lowest BCUT2D eigenvalue weighted by molar-refractivity contribution is -0.133. The van der Waals surface area contributed by atoms with Gasteiger partial charge < -0.3 is 9.42 Å². The van der Waals surface area contributed by atoms with E-state index in [1.165, 1.54) is 10.4 Å². The van der Waals surface area contributed by atoms with Crippen molar-refractivity contribution in [3.63, 3.8) is 0 Å². The van der Waals surface area contributed by atoms with Crippen molar-refractivity contribution in [3.8, 4) is 11.4 Å². The average Bonchev–Trinajstić information content (AvgIpc) is 3.30. The molecule has 1 amide bonds. The molecule has 0 radical (unpaired) electrons. The maximum absolute atomic E-state index is 12.7. The number of halogens is 1. The van der Waals surface area contributed by atoms with Gasteiger partial charge in [0.15, 0.2) is 0 Å². The van der Waals surface area contributed by atoms with Crippen LogP contribution in [0.4, 0.5) is 0 Å². The number of aryl methyl sites for hydroxylation is 1. The number of amides is 1. The normalized spacial score (nSPS) is 16.5. The molecular weight excluding hydrogens is 370 g/mol. The van der Waals surface area contributed by atoms with Gasteiger partial charge >= 0.3 is 0 Å². The minimum Gasteiger partial charge on any atom is -0.339 e. The Morgan fingerprint density at radius 3 is 2.96 bits per heavy atom. The first kappa shape index (κ1) is 17.2. The van der Waals surface area contributed by atoms with Crippen molar-refractivity contribution in [2.75, 3.05) is 6.54 Å². The molecule has 4 rings (SSSR count). The first-order valence-electron chi connectivity index (χ1n) is 8.56. The predicted octanol–water partition coefficient (Wildman–Crippen LogP) is 4.53. The molecule has 0 saturated heterocycles. The van der Waals surface area contributed by atoms with Crippen LogP contribution in [0, 0.1) is 0 Å². The number of hydrogen-bond donors (Lipinski definition) is 0. The van der Waals surface area contributed by atoms with Crippen LogP contribution in [0.2, 0.25) is 5.02 Å². The molecule has 26 heavy (non-hydrogen) atoms. The first-order valence-corrected chi connectivity index (χ1v) is 9.82. The first-order chi connectivity index (χ1) is 12.6. The molecule has 0 bridgehead atoms. The molecule has 1 atom stereocenters. The van der Waals surface area contributed by atoms with E-state index in [0.29, 0.717) is 29.6 Å². The van der Waals surface area contributed by atoms with E-state index in [0.717, 1.165) is 18.5 Å².